The number of allylic oxidation sites excluding steroid dienone is 1. The lowest BCUT2D eigenvalue weighted by atomic mass is 10.1. The zero-order chi connectivity index (χ0) is 6.73. The Balaban J connectivity index is 3.83. The molecule has 0 radical (unpaired) electrons. The summed E-state index contributed by atoms with van der Waals surface area (Å²) in [7, 11) is 0. The molecule has 0 aliphatic heterocycles. The highest BCUT2D eigenvalue weighted by atomic mass is 127. The number of hydrogen-bond donors (Lipinski definition) is 0. The maximum absolute atomic E-state index is 10.5. The molecular formula is C6H9IO. The first-order valence-electron chi connectivity index (χ1n) is 2.40. The molecule has 0 bridgehead atoms. The fraction of sp³-hybridized carbons (Fsp3) is 0.500. The zero-order valence-electron chi connectivity index (χ0n) is 5.07. The molecule has 0 saturated carbocycles. The van der Waals surface area contributed by atoms with Crippen molar-refractivity contribution >= 4 is 28.4 Å². The fourth-order valence-corrected chi connectivity index (χ4v) is 0.659. The van der Waals surface area contributed by atoms with Gasteiger partial charge >= 0.3 is 0 Å². The topological polar surface area (TPSA) is 17.1 Å². The minimum atomic E-state index is 0.0237. The molecule has 0 heterocycles. The molecule has 0 N–H and O–H groups in total. The standard InChI is InChI=1S/C6H9IO/c1-4(5(2)7)6(3)8/h4H,2H2,1,3H3. The Morgan fingerprint density at radius 2 is 2.12 bits per heavy atom. The molecule has 1 unspecified atom stereocenters. The molecule has 1 atom stereocenters. The summed E-state index contributed by atoms with van der Waals surface area (Å²) in [6.45, 7) is 7.08. The van der Waals surface area contributed by atoms with E-state index in [1.54, 1.807) is 6.92 Å². The van der Waals surface area contributed by atoms with Gasteiger partial charge < -0.3 is 0 Å². The van der Waals surface area contributed by atoms with E-state index in [9.17, 15) is 4.79 Å². The minimum absolute atomic E-state index is 0.0237. The molecule has 2 heteroatoms. The van der Waals surface area contributed by atoms with Gasteiger partial charge in [0.25, 0.3) is 0 Å². The Bertz CT molecular complexity index is 104. The van der Waals surface area contributed by atoms with Crippen molar-refractivity contribution in [2.24, 2.45) is 5.92 Å². The van der Waals surface area contributed by atoms with Crippen molar-refractivity contribution in [3.8, 4) is 0 Å². The third-order valence-electron chi connectivity index (χ3n) is 1.08. The molecule has 1 nitrogen and oxygen atoms in total. The predicted octanol–water partition coefficient (Wildman–Crippen LogP) is 2.16. The Morgan fingerprint density at radius 3 is 2.12 bits per heavy atom. The Labute approximate surface area is 63.3 Å². The molecule has 0 fully saturated rings. The highest BCUT2D eigenvalue weighted by molar-refractivity contribution is 14.1. The molecule has 0 aromatic rings. The highest BCUT2D eigenvalue weighted by Crippen LogP contribution is 2.15. The first kappa shape index (κ1) is 8.14. The van der Waals surface area contributed by atoms with Gasteiger partial charge in [-0.2, -0.15) is 0 Å². The highest BCUT2D eigenvalue weighted by Gasteiger charge is 2.07. The van der Waals surface area contributed by atoms with Crippen LogP contribution in [0.15, 0.2) is 10.2 Å². The molecule has 0 aromatic carbocycles. The largest absolute Gasteiger partial charge is 0.299 e. The summed E-state index contributed by atoms with van der Waals surface area (Å²) < 4.78 is 0.912. The van der Waals surface area contributed by atoms with Gasteiger partial charge in [0.15, 0.2) is 0 Å². The first-order valence-corrected chi connectivity index (χ1v) is 3.48. The molecule has 46 valence electrons. The number of carbonyl (C=O) groups excluding carboxylic acids is 1. The van der Waals surface area contributed by atoms with E-state index in [0.29, 0.717) is 0 Å². The zero-order valence-corrected chi connectivity index (χ0v) is 7.23. The van der Waals surface area contributed by atoms with E-state index < -0.39 is 0 Å². The second-order valence-corrected chi connectivity index (χ2v) is 3.16. The van der Waals surface area contributed by atoms with Gasteiger partial charge in [0, 0.05) is 5.92 Å². The number of carbonyl (C=O) groups is 1. The van der Waals surface area contributed by atoms with Gasteiger partial charge in [-0.05, 0) is 33.1 Å². The van der Waals surface area contributed by atoms with E-state index in [-0.39, 0.29) is 11.7 Å². The van der Waals surface area contributed by atoms with Gasteiger partial charge in [-0.15, -0.1) is 0 Å². The normalized spacial score (nSPS) is 12.9. The van der Waals surface area contributed by atoms with Crippen LogP contribution in [0.3, 0.4) is 0 Å². The number of halogens is 1. The van der Waals surface area contributed by atoms with E-state index in [1.165, 1.54) is 0 Å². The first-order chi connectivity index (χ1) is 3.55. The molecule has 0 saturated heterocycles. The van der Waals surface area contributed by atoms with E-state index in [0.717, 1.165) is 3.58 Å². The van der Waals surface area contributed by atoms with Crippen LogP contribution >= 0.6 is 22.6 Å². The SMILES string of the molecule is C=C(I)C(C)C(C)=O. The van der Waals surface area contributed by atoms with Gasteiger partial charge in [-0.1, -0.05) is 13.5 Å². The van der Waals surface area contributed by atoms with Crippen LogP contribution in [0.4, 0.5) is 0 Å². The van der Waals surface area contributed by atoms with E-state index >= 15 is 0 Å². The smallest absolute Gasteiger partial charge is 0.137 e. The van der Waals surface area contributed by atoms with Gasteiger partial charge in [0.2, 0.25) is 0 Å². The van der Waals surface area contributed by atoms with Crippen molar-refractivity contribution in [1.82, 2.24) is 0 Å². The molecule has 0 spiro atoms. The average Bonchev–Trinajstić information content (AvgIpc) is 1.64. The van der Waals surface area contributed by atoms with E-state index in [1.807, 2.05) is 6.92 Å². The Hall–Kier alpha value is 0.140. The van der Waals surface area contributed by atoms with Crippen molar-refractivity contribution < 1.29 is 4.79 Å². The number of Topliss-reactive ketones (excluding diaryl/α,β-unsaturated/α-hetero) is 1. The molecule has 0 aliphatic carbocycles. The lowest BCUT2D eigenvalue weighted by Crippen LogP contribution is -2.04. The van der Waals surface area contributed by atoms with Crippen molar-refractivity contribution in [3.63, 3.8) is 0 Å². The summed E-state index contributed by atoms with van der Waals surface area (Å²) in [4.78, 5) is 10.5. The summed E-state index contributed by atoms with van der Waals surface area (Å²) in [6.07, 6.45) is 0. The summed E-state index contributed by atoms with van der Waals surface area (Å²) in [5.74, 6) is 0.208. The maximum Gasteiger partial charge on any atom is 0.137 e. The molecule has 8 heavy (non-hydrogen) atoms. The van der Waals surface area contributed by atoms with Crippen molar-refractivity contribution in [3.05, 3.63) is 10.2 Å². The number of rotatable bonds is 2. The van der Waals surface area contributed by atoms with Crippen LogP contribution in [0.25, 0.3) is 0 Å². The molecule has 0 aliphatic rings. The summed E-state index contributed by atoms with van der Waals surface area (Å²) in [5, 5.41) is 0. The molecular weight excluding hydrogens is 215 g/mol. The predicted molar refractivity (Wildman–Crippen MR) is 43.0 cm³/mol. The summed E-state index contributed by atoms with van der Waals surface area (Å²) in [6, 6.07) is 0. The van der Waals surface area contributed by atoms with Crippen LogP contribution < -0.4 is 0 Å². The van der Waals surface area contributed by atoms with Crippen LogP contribution in [0.2, 0.25) is 0 Å². The number of ketones is 1. The average molecular weight is 224 g/mol. The van der Waals surface area contributed by atoms with Crippen molar-refractivity contribution in [2.75, 3.05) is 0 Å². The number of hydrogen-bond acceptors (Lipinski definition) is 1. The lowest BCUT2D eigenvalue weighted by molar-refractivity contribution is -0.118. The van der Waals surface area contributed by atoms with Gasteiger partial charge in [0.1, 0.15) is 5.78 Å². The maximum atomic E-state index is 10.5. The quantitative estimate of drug-likeness (QED) is 0.657. The summed E-state index contributed by atoms with van der Waals surface area (Å²) >= 11 is 2.07. The monoisotopic (exact) mass is 224 g/mol. The van der Waals surface area contributed by atoms with Crippen LogP contribution in [0.5, 0.6) is 0 Å². The van der Waals surface area contributed by atoms with Gasteiger partial charge in [-0.25, -0.2) is 0 Å². The molecule has 0 rings (SSSR count). The van der Waals surface area contributed by atoms with E-state index in [2.05, 4.69) is 29.2 Å². The molecule has 0 amide bonds. The lowest BCUT2D eigenvalue weighted by Gasteiger charge is -2.01. The van der Waals surface area contributed by atoms with Crippen LogP contribution in [-0.2, 0) is 4.79 Å². The minimum Gasteiger partial charge on any atom is -0.299 e. The van der Waals surface area contributed by atoms with Crippen LogP contribution in [0, 0.1) is 5.92 Å². The van der Waals surface area contributed by atoms with Crippen LogP contribution in [-0.4, -0.2) is 5.78 Å². The fourth-order valence-electron chi connectivity index (χ4n) is 0.221. The van der Waals surface area contributed by atoms with Gasteiger partial charge in [0.05, 0.1) is 0 Å². The third kappa shape index (κ3) is 2.45. The van der Waals surface area contributed by atoms with Crippen LogP contribution in [0.1, 0.15) is 13.8 Å². The molecule has 0 aromatic heterocycles. The second-order valence-electron chi connectivity index (χ2n) is 1.78. The van der Waals surface area contributed by atoms with Crippen molar-refractivity contribution in [2.45, 2.75) is 13.8 Å². The third-order valence-corrected chi connectivity index (χ3v) is 2.01. The Morgan fingerprint density at radius 1 is 1.75 bits per heavy atom. The second kappa shape index (κ2) is 3.22. The van der Waals surface area contributed by atoms with E-state index in [4.69, 9.17) is 0 Å². The Kier molecular flexibility index (Phi) is 3.28. The summed E-state index contributed by atoms with van der Waals surface area (Å²) in [5.41, 5.74) is 0. The van der Waals surface area contributed by atoms with Gasteiger partial charge in [-0.3, -0.25) is 4.79 Å². The van der Waals surface area contributed by atoms with Crippen molar-refractivity contribution in [1.29, 1.82) is 0 Å².